The maximum Gasteiger partial charge on any atom is 0.470 e. The minimum Gasteiger partial charge on any atom is -0.436 e. The second-order valence-corrected chi connectivity index (χ2v) is 2.21. The lowest BCUT2D eigenvalue weighted by Gasteiger charge is -2.29. The Balaban J connectivity index is 5.01. The fraction of sp³-hybridized carbons (Fsp3) is 0.667. The van der Waals surface area contributed by atoms with Gasteiger partial charge in [-0.2, -0.15) is 26.3 Å². The molecule has 0 radical (unpaired) electrons. The third-order valence-electron chi connectivity index (χ3n) is 1.22. The van der Waals surface area contributed by atoms with Crippen molar-refractivity contribution < 1.29 is 35.5 Å². The summed E-state index contributed by atoms with van der Waals surface area (Å²) in [6, 6.07) is 0. The molecule has 0 aliphatic carbocycles. The van der Waals surface area contributed by atoms with Crippen LogP contribution in [0.5, 0.6) is 0 Å². The Kier molecular flexibility index (Phi) is 3.41. The molecular formula is C6H5F7O. The van der Waals surface area contributed by atoms with E-state index in [1.807, 2.05) is 0 Å². The summed E-state index contributed by atoms with van der Waals surface area (Å²) in [4.78, 5) is 0. The lowest BCUT2D eigenvalue weighted by molar-refractivity contribution is -0.385. The maximum atomic E-state index is 12.3. The van der Waals surface area contributed by atoms with E-state index in [9.17, 15) is 30.7 Å². The van der Waals surface area contributed by atoms with Gasteiger partial charge in [0.15, 0.2) is 6.67 Å². The van der Waals surface area contributed by atoms with Gasteiger partial charge in [0, 0.05) is 0 Å². The molecule has 0 aliphatic heterocycles. The summed E-state index contributed by atoms with van der Waals surface area (Å²) in [7, 11) is 0. The molecule has 0 bridgehead atoms. The molecule has 0 atom stereocenters. The summed E-state index contributed by atoms with van der Waals surface area (Å²) < 4.78 is 87.3. The number of hydrogen-bond donors (Lipinski definition) is 0. The first-order valence-electron chi connectivity index (χ1n) is 3.10. The van der Waals surface area contributed by atoms with Gasteiger partial charge in [-0.3, -0.25) is 0 Å². The largest absolute Gasteiger partial charge is 0.470 e. The van der Waals surface area contributed by atoms with Crippen LogP contribution in [0.4, 0.5) is 30.7 Å². The van der Waals surface area contributed by atoms with Crippen molar-refractivity contribution >= 4 is 0 Å². The van der Waals surface area contributed by atoms with Crippen molar-refractivity contribution in [1.82, 2.24) is 0 Å². The highest BCUT2D eigenvalue weighted by molar-refractivity contribution is 4.92. The number of hydrogen-bond acceptors (Lipinski definition) is 1. The van der Waals surface area contributed by atoms with Crippen LogP contribution in [-0.2, 0) is 4.74 Å². The number of alkyl halides is 7. The standard InChI is InChI=1S/C6H5F7O/c1-2-14-6(12,13)5(10,11)4(8,9)3-7/h2H,1,3H2. The molecule has 84 valence electrons. The molecule has 1 nitrogen and oxygen atoms in total. The summed E-state index contributed by atoms with van der Waals surface area (Å²) in [5.41, 5.74) is 0. The molecular weight excluding hydrogens is 221 g/mol. The molecule has 0 spiro atoms. The highest BCUT2D eigenvalue weighted by Crippen LogP contribution is 2.46. The summed E-state index contributed by atoms with van der Waals surface area (Å²) in [5.74, 6) is -11.4. The summed E-state index contributed by atoms with van der Waals surface area (Å²) in [6.07, 6.45) is -5.65. The van der Waals surface area contributed by atoms with Crippen molar-refractivity contribution in [2.75, 3.05) is 6.67 Å². The van der Waals surface area contributed by atoms with Gasteiger partial charge < -0.3 is 4.74 Å². The highest BCUT2D eigenvalue weighted by Gasteiger charge is 2.73. The zero-order chi connectivity index (χ0) is 11.6. The van der Waals surface area contributed by atoms with Gasteiger partial charge in [-0.15, -0.1) is 0 Å². The highest BCUT2D eigenvalue weighted by atomic mass is 19.4. The van der Waals surface area contributed by atoms with Crippen molar-refractivity contribution in [2.45, 2.75) is 18.0 Å². The minimum atomic E-state index is -5.94. The van der Waals surface area contributed by atoms with E-state index in [-0.39, 0.29) is 6.26 Å². The molecule has 0 saturated carbocycles. The van der Waals surface area contributed by atoms with Crippen molar-refractivity contribution in [3.63, 3.8) is 0 Å². The monoisotopic (exact) mass is 226 g/mol. The molecule has 0 aliphatic rings. The molecule has 0 heterocycles. The fourth-order valence-electron chi connectivity index (χ4n) is 0.475. The van der Waals surface area contributed by atoms with Crippen LogP contribution in [0.3, 0.4) is 0 Å². The van der Waals surface area contributed by atoms with Gasteiger partial charge in [-0.25, -0.2) is 4.39 Å². The molecule has 0 aromatic carbocycles. The van der Waals surface area contributed by atoms with Crippen molar-refractivity contribution in [3.05, 3.63) is 12.8 Å². The van der Waals surface area contributed by atoms with Crippen molar-refractivity contribution in [3.8, 4) is 0 Å². The Bertz CT molecular complexity index is 212. The Morgan fingerprint density at radius 2 is 1.50 bits per heavy atom. The summed E-state index contributed by atoms with van der Waals surface area (Å²) in [6.45, 7) is -0.427. The van der Waals surface area contributed by atoms with E-state index in [1.165, 1.54) is 0 Å². The zero-order valence-electron chi connectivity index (χ0n) is 6.55. The molecule has 0 saturated heterocycles. The van der Waals surface area contributed by atoms with Gasteiger partial charge in [0.2, 0.25) is 0 Å². The van der Waals surface area contributed by atoms with Gasteiger partial charge in [0.1, 0.15) is 0 Å². The Morgan fingerprint density at radius 3 is 1.79 bits per heavy atom. The van der Waals surface area contributed by atoms with E-state index in [0.29, 0.717) is 0 Å². The van der Waals surface area contributed by atoms with Crippen LogP contribution in [0, 0.1) is 0 Å². The van der Waals surface area contributed by atoms with E-state index in [2.05, 4.69) is 11.3 Å². The number of ether oxygens (including phenoxy) is 1. The molecule has 0 fully saturated rings. The average molecular weight is 226 g/mol. The van der Waals surface area contributed by atoms with E-state index >= 15 is 0 Å². The Labute approximate surface area is 74.1 Å². The van der Waals surface area contributed by atoms with Crippen LogP contribution in [0.2, 0.25) is 0 Å². The van der Waals surface area contributed by atoms with Crippen molar-refractivity contribution in [2.24, 2.45) is 0 Å². The first-order valence-corrected chi connectivity index (χ1v) is 3.10. The maximum absolute atomic E-state index is 12.3. The SMILES string of the molecule is C=COC(F)(F)C(F)(F)C(F)(F)CF. The number of rotatable bonds is 5. The lowest BCUT2D eigenvalue weighted by Crippen LogP contribution is -2.55. The molecule has 0 amide bonds. The second-order valence-electron chi connectivity index (χ2n) is 2.21. The van der Waals surface area contributed by atoms with Crippen LogP contribution in [0.15, 0.2) is 12.8 Å². The molecule has 0 aromatic heterocycles. The first kappa shape index (κ1) is 13.0. The van der Waals surface area contributed by atoms with E-state index < -0.39 is 24.6 Å². The van der Waals surface area contributed by atoms with Crippen LogP contribution >= 0.6 is 0 Å². The number of halogens is 7. The van der Waals surface area contributed by atoms with Crippen molar-refractivity contribution in [1.29, 1.82) is 0 Å². The predicted octanol–water partition coefficient (Wildman–Crippen LogP) is 2.98. The normalized spacial score (nSPS) is 13.9. The second kappa shape index (κ2) is 3.66. The van der Waals surface area contributed by atoms with E-state index in [1.54, 1.807) is 0 Å². The smallest absolute Gasteiger partial charge is 0.436 e. The predicted molar refractivity (Wildman–Crippen MR) is 32.1 cm³/mol. The molecule has 0 rings (SSSR count). The third kappa shape index (κ3) is 1.93. The van der Waals surface area contributed by atoms with E-state index in [0.717, 1.165) is 0 Å². The minimum absolute atomic E-state index is 0.137. The Hall–Kier alpha value is -0.950. The third-order valence-corrected chi connectivity index (χ3v) is 1.22. The molecule has 0 unspecified atom stereocenters. The van der Waals surface area contributed by atoms with Gasteiger partial charge in [0.25, 0.3) is 0 Å². The van der Waals surface area contributed by atoms with Gasteiger partial charge in [-0.05, 0) is 0 Å². The van der Waals surface area contributed by atoms with Crippen LogP contribution < -0.4 is 0 Å². The first-order chi connectivity index (χ1) is 6.12. The summed E-state index contributed by atoms with van der Waals surface area (Å²) >= 11 is 0. The van der Waals surface area contributed by atoms with Crippen LogP contribution in [0.25, 0.3) is 0 Å². The molecule has 0 N–H and O–H groups in total. The van der Waals surface area contributed by atoms with Gasteiger partial charge >= 0.3 is 18.0 Å². The molecule has 14 heavy (non-hydrogen) atoms. The van der Waals surface area contributed by atoms with Crippen LogP contribution in [-0.4, -0.2) is 24.6 Å². The molecule has 0 aromatic rings. The quantitative estimate of drug-likeness (QED) is 0.517. The Morgan fingerprint density at radius 1 is 1.07 bits per heavy atom. The average Bonchev–Trinajstić information content (AvgIpc) is 2.03. The topological polar surface area (TPSA) is 9.23 Å². The van der Waals surface area contributed by atoms with E-state index in [4.69, 9.17) is 0 Å². The van der Waals surface area contributed by atoms with Gasteiger partial charge in [0.05, 0.1) is 6.26 Å². The van der Waals surface area contributed by atoms with Gasteiger partial charge in [-0.1, -0.05) is 6.58 Å². The lowest BCUT2D eigenvalue weighted by atomic mass is 10.2. The van der Waals surface area contributed by atoms with Crippen LogP contribution in [0.1, 0.15) is 0 Å². The zero-order valence-corrected chi connectivity index (χ0v) is 6.55. The fourth-order valence-corrected chi connectivity index (χ4v) is 0.475. The molecule has 8 heteroatoms. The summed E-state index contributed by atoms with van der Waals surface area (Å²) in [5, 5.41) is 0.